The number of ether oxygens (including phenoxy) is 1. The van der Waals surface area contributed by atoms with E-state index in [0.717, 1.165) is 15.4 Å². The Labute approximate surface area is 176 Å². The Kier molecular flexibility index (Phi) is 7.20. The molecule has 0 unspecified atom stereocenters. The van der Waals surface area contributed by atoms with Crippen molar-refractivity contribution in [2.75, 3.05) is 26.2 Å². The molecule has 1 heterocycles. The fourth-order valence-electron chi connectivity index (χ4n) is 3.13. The van der Waals surface area contributed by atoms with E-state index in [1.165, 1.54) is 18.2 Å². The Balaban J connectivity index is 1.72. The number of hydrogen-bond donors (Lipinski definition) is 2. The molecule has 160 valence electrons. The zero-order chi connectivity index (χ0) is 21.6. The van der Waals surface area contributed by atoms with Crippen LogP contribution >= 0.6 is 0 Å². The summed E-state index contributed by atoms with van der Waals surface area (Å²) in [7, 11) is -3.86. The highest BCUT2D eigenvalue weighted by Crippen LogP contribution is 2.18. The summed E-state index contributed by atoms with van der Waals surface area (Å²) in [4.78, 5) is 24.2. The summed E-state index contributed by atoms with van der Waals surface area (Å²) in [5.41, 5.74) is 2.15. The number of nitrogens with zero attached hydrogens (tertiary/aromatic N) is 1. The molecule has 0 saturated carbocycles. The number of amides is 2. The molecule has 1 saturated heterocycles. The van der Waals surface area contributed by atoms with Gasteiger partial charge in [-0.25, -0.2) is 8.42 Å². The van der Waals surface area contributed by atoms with Gasteiger partial charge < -0.3 is 15.4 Å². The van der Waals surface area contributed by atoms with Gasteiger partial charge in [-0.15, -0.1) is 0 Å². The van der Waals surface area contributed by atoms with Crippen LogP contribution in [0.5, 0.6) is 0 Å². The lowest BCUT2D eigenvalue weighted by Crippen LogP contribution is -2.49. The van der Waals surface area contributed by atoms with E-state index in [0.29, 0.717) is 19.8 Å². The van der Waals surface area contributed by atoms with E-state index in [-0.39, 0.29) is 41.9 Å². The first-order valence-electron chi connectivity index (χ1n) is 9.71. The van der Waals surface area contributed by atoms with Gasteiger partial charge in [-0.2, -0.15) is 4.31 Å². The quantitative estimate of drug-likeness (QED) is 0.655. The summed E-state index contributed by atoms with van der Waals surface area (Å²) in [6.07, 6.45) is 0. The van der Waals surface area contributed by atoms with Crippen molar-refractivity contribution in [1.82, 2.24) is 14.9 Å². The zero-order valence-corrected chi connectivity index (χ0v) is 17.6. The number of sulfonamides is 1. The van der Waals surface area contributed by atoms with Crippen LogP contribution in [0.3, 0.4) is 0 Å². The summed E-state index contributed by atoms with van der Waals surface area (Å²) in [6.45, 7) is 3.50. The van der Waals surface area contributed by atoms with Gasteiger partial charge in [0.25, 0.3) is 5.91 Å². The van der Waals surface area contributed by atoms with Crippen LogP contribution in [-0.2, 0) is 32.7 Å². The first-order valence-corrected chi connectivity index (χ1v) is 11.2. The number of carbonyl (C=O) groups excluding carboxylic acids is 2. The third-order valence-corrected chi connectivity index (χ3v) is 6.60. The molecular weight excluding hydrogens is 406 g/mol. The van der Waals surface area contributed by atoms with Crippen molar-refractivity contribution in [2.45, 2.75) is 25.0 Å². The average Bonchev–Trinajstić information content (AvgIpc) is 2.76. The molecule has 2 aromatic carbocycles. The Hall–Kier alpha value is -2.75. The van der Waals surface area contributed by atoms with Gasteiger partial charge in [-0.3, -0.25) is 9.59 Å². The second-order valence-electron chi connectivity index (χ2n) is 6.80. The SMILES string of the molecule is CCOCc1ccccc1CNC(=O)c1cccc(S(=O)(=O)N2CCNC(=O)C2)c1. The minimum absolute atomic E-state index is 0.0124. The molecule has 0 aliphatic carbocycles. The predicted octanol–water partition coefficient (Wildman–Crippen LogP) is 1.27. The van der Waals surface area contributed by atoms with Gasteiger partial charge in [-0.1, -0.05) is 30.3 Å². The van der Waals surface area contributed by atoms with Crippen molar-refractivity contribution in [3.63, 3.8) is 0 Å². The van der Waals surface area contributed by atoms with Gasteiger partial charge in [0.1, 0.15) is 0 Å². The van der Waals surface area contributed by atoms with Crippen molar-refractivity contribution >= 4 is 21.8 Å². The number of carbonyl (C=O) groups is 2. The Bertz CT molecular complexity index is 1020. The maximum Gasteiger partial charge on any atom is 0.251 e. The van der Waals surface area contributed by atoms with Crippen molar-refractivity contribution in [3.8, 4) is 0 Å². The molecule has 0 radical (unpaired) electrons. The maximum atomic E-state index is 12.8. The standard InChI is InChI=1S/C21H25N3O5S/c1-2-29-15-18-7-4-3-6-17(18)13-23-21(26)16-8-5-9-19(12-16)30(27,28)24-11-10-22-20(25)14-24/h3-9,12H,2,10-11,13-15H2,1H3,(H,22,25)(H,23,26). The first-order chi connectivity index (χ1) is 14.4. The Morgan fingerprint density at radius 2 is 1.93 bits per heavy atom. The van der Waals surface area contributed by atoms with E-state index in [2.05, 4.69) is 10.6 Å². The molecule has 1 aliphatic heterocycles. The van der Waals surface area contributed by atoms with E-state index >= 15 is 0 Å². The van der Waals surface area contributed by atoms with Crippen LogP contribution in [0.2, 0.25) is 0 Å². The largest absolute Gasteiger partial charge is 0.377 e. The van der Waals surface area contributed by atoms with Gasteiger partial charge >= 0.3 is 0 Å². The molecular formula is C21H25N3O5S. The first kappa shape index (κ1) is 21.9. The lowest BCUT2D eigenvalue weighted by Gasteiger charge is -2.26. The summed E-state index contributed by atoms with van der Waals surface area (Å²) in [5, 5.41) is 5.43. The molecule has 2 N–H and O–H groups in total. The minimum atomic E-state index is -3.86. The molecule has 30 heavy (non-hydrogen) atoms. The van der Waals surface area contributed by atoms with E-state index in [1.54, 1.807) is 6.07 Å². The summed E-state index contributed by atoms with van der Waals surface area (Å²) < 4.78 is 32.2. The van der Waals surface area contributed by atoms with E-state index < -0.39 is 10.0 Å². The number of hydrogen-bond acceptors (Lipinski definition) is 5. The highest BCUT2D eigenvalue weighted by molar-refractivity contribution is 7.89. The summed E-state index contributed by atoms with van der Waals surface area (Å²) in [5.74, 6) is -0.723. The third kappa shape index (κ3) is 5.24. The predicted molar refractivity (Wildman–Crippen MR) is 111 cm³/mol. The van der Waals surface area contributed by atoms with Crippen LogP contribution in [0.15, 0.2) is 53.4 Å². The maximum absolute atomic E-state index is 12.8. The Morgan fingerprint density at radius 1 is 1.17 bits per heavy atom. The molecule has 3 rings (SSSR count). The van der Waals surface area contributed by atoms with E-state index in [9.17, 15) is 18.0 Å². The zero-order valence-electron chi connectivity index (χ0n) is 16.8. The van der Waals surface area contributed by atoms with Gasteiger partial charge in [0.2, 0.25) is 15.9 Å². The highest BCUT2D eigenvalue weighted by atomic mass is 32.2. The smallest absolute Gasteiger partial charge is 0.251 e. The molecule has 0 bridgehead atoms. The van der Waals surface area contributed by atoms with Crippen LogP contribution in [0, 0.1) is 0 Å². The molecule has 0 spiro atoms. The highest BCUT2D eigenvalue weighted by Gasteiger charge is 2.29. The van der Waals surface area contributed by atoms with Crippen LogP contribution in [0.1, 0.15) is 28.4 Å². The van der Waals surface area contributed by atoms with Crippen molar-refractivity contribution in [3.05, 3.63) is 65.2 Å². The fraction of sp³-hybridized carbons (Fsp3) is 0.333. The van der Waals surface area contributed by atoms with Crippen LogP contribution < -0.4 is 10.6 Å². The van der Waals surface area contributed by atoms with Crippen molar-refractivity contribution < 1.29 is 22.7 Å². The molecule has 9 heteroatoms. The van der Waals surface area contributed by atoms with Gasteiger partial charge in [-0.05, 0) is 36.2 Å². The average molecular weight is 432 g/mol. The minimum Gasteiger partial charge on any atom is -0.377 e. The molecule has 0 aromatic heterocycles. The number of rotatable bonds is 8. The lowest BCUT2D eigenvalue weighted by molar-refractivity contribution is -0.122. The molecule has 2 aromatic rings. The second kappa shape index (κ2) is 9.84. The van der Waals surface area contributed by atoms with Crippen LogP contribution in [-0.4, -0.2) is 50.8 Å². The summed E-state index contributed by atoms with van der Waals surface area (Å²) in [6, 6.07) is 13.5. The monoisotopic (exact) mass is 431 g/mol. The van der Waals surface area contributed by atoms with Crippen LogP contribution in [0.25, 0.3) is 0 Å². The van der Waals surface area contributed by atoms with Crippen molar-refractivity contribution in [1.29, 1.82) is 0 Å². The number of piperazine rings is 1. The third-order valence-electron chi connectivity index (χ3n) is 4.76. The topological polar surface area (TPSA) is 105 Å². The molecule has 2 amide bonds. The van der Waals surface area contributed by atoms with Gasteiger partial charge in [0, 0.05) is 31.8 Å². The summed E-state index contributed by atoms with van der Waals surface area (Å²) >= 11 is 0. The number of nitrogens with one attached hydrogen (secondary N) is 2. The van der Waals surface area contributed by atoms with E-state index in [4.69, 9.17) is 4.74 Å². The fourth-order valence-corrected chi connectivity index (χ4v) is 4.57. The molecule has 1 aliphatic rings. The molecule has 1 fully saturated rings. The molecule has 8 nitrogen and oxygen atoms in total. The second-order valence-corrected chi connectivity index (χ2v) is 8.74. The lowest BCUT2D eigenvalue weighted by atomic mass is 10.1. The van der Waals surface area contributed by atoms with Gasteiger partial charge in [0.05, 0.1) is 18.0 Å². The Morgan fingerprint density at radius 3 is 2.67 bits per heavy atom. The van der Waals surface area contributed by atoms with E-state index in [1.807, 2.05) is 31.2 Å². The van der Waals surface area contributed by atoms with Crippen LogP contribution in [0.4, 0.5) is 0 Å². The van der Waals surface area contributed by atoms with Crippen molar-refractivity contribution in [2.24, 2.45) is 0 Å². The number of benzene rings is 2. The molecule has 0 atom stereocenters. The van der Waals surface area contributed by atoms with Gasteiger partial charge in [0.15, 0.2) is 0 Å². The normalized spacial score (nSPS) is 14.9.